The lowest BCUT2D eigenvalue weighted by Gasteiger charge is -2.27. The van der Waals surface area contributed by atoms with Crippen molar-refractivity contribution in [2.24, 2.45) is 0 Å². The van der Waals surface area contributed by atoms with Crippen LogP contribution in [0.3, 0.4) is 0 Å². The molecule has 1 rings (SSSR count). The van der Waals surface area contributed by atoms with E-state index < -0.39 is 5.41 Å². The molecule has 0 aliphatic rings. The van der Waals surface area contributed by atoms with Crippen molar-refractivity contribution in [3.8, 4) is 0 Å². The Bertz CT molecular complexity index is 422. The summed E-state index contributed by atoms with van der Waals surface area (Å²) < 4.78 is 5.19. The minimum atomic E-state index is -0.757. The van der Waals surface area contributed by atoms with Gasteiger partial charge in [0.2, 0.25) is 0 Å². The van der Waals surface area contributed by atoms with Crippen molar-refractivity contribution >= 4 is 12.1 Å². The van der Waals surface area contributed by atoms with Crippen LogP contribution in [0.4, 0.5) is 0 Å². The fourth-order valence-corrected chi connectivity index (χ4v) is 1.47. The van der Waals surface area contributed by atoms with Crippen LogP contribution in [0.15, 0.2) is 42.7 Å². The molecule has 3 heteroatoms. The summed E-state index contributed by atoms with van der Waals surface area (Å²) in [4.78, 5) is 22.2. The maximum Gasteiger partial charge on any atom is 0.184 e. The molecule has 0 radical (unpaired) electrons. The van der Waals surface area contributed by atoms with Crippen molar-refractivity contribution < 1.29 is 14.3 Å². The molecule has 1 aromatic rings. The van der Waals surface area contributed by atoms with Crippen molar-refractivity contribution in [3.63, 3.8) is 0 Å². The molecule has 0 fully saturated rings. The Labute approximate surface area is 101 Å². The second-order valence-electron chi connectivity index (χ2n) is 4.13. The Balaban J connectivity index is 2.94. The highest BCUT2D eigenvalue weighted by atomic mass is 16.5. The highest BCUT2D eigenvalue weighted by Gasteiger charge is 2.33. The van der Waals surface area contributed by atoms with Crippen LogP contribution in [0.5, 0.6) is 0 Å². The summed E-state index contributed by atoms with van der Waals surface area (Å²) in [7, 11) is 0. The molecule has 0 N–H and O–H groups in total. The van der Waals surface area contributed by atoms with Crippen LogP contribution in [0.2, 0.25) is 0 Å². The topological polar surface area (TPSA) is 43.4 Å². The standard InChI is InChI=1S/C14H16O3/c1-11(9-15)17-10-14(3,12(2)16)13-7-5-4-6-8-13/h4-9H,1,10H2,2-3H3. The predicted molar refractivity (Wildman–Crippen MR) is 65.6 cm³/mol. The second-order valence-corrected chi connectivity index (χ2v) is 4.13. The van der Waals surface area contributed by atoms with E-state index in [1.54, 1.807) is 6.92 Å². The molecule has 1 unspecified atom stereocenters. The number of rotatable bonds is 6. The van der Waals surface area contributed by atoms with E-state index in [9.17, 15) is 9.59 Å². The zero-order chi connectivity index (χ0) is 12.9. The largest absolute Gasteiger partial charge is 0.489 e. The number of carbonyl (C=O) groups is 2. The first kappa shape index (κ1) is 13.2. The summed E-state index contributed by atoms with van der Waals surface area (Å²) in [6, 6.07) is 9.36. The van der Waals surface area contributed by atoms with Gasteiger partial charge in [-0.2, -0.15) is 0 Å². The van der Waals surface area contributed by atoms with Crippen molar-refractivity contribution in [1.29, 1.82) is 0 Å². The lowest BCUT2D eigenvalue weighted by molar-refractivity contribution is -0.124. The molecule has 0 amide bonds. The van der Waals surface area contributed by atoms with Gasteiger partial charge in [0.25, 0.3) is 0 Å². The lowest BCUT2D eigenvalue weighted by Crippen LogP contribution is -2.35. The highest BCUT2D eigenvalue weighted by Crippen LogP contribution is 2.25. The molecule has 0 aliphatic heterocycles. The fourth-order valence-electron chi connectivity index (χ4n) is 1.47. The van der Waals surface area contributed by atoms with Gasteiger partial charge in [-0.3, -0.25) is 9.59 Å². The number of hydrogen-bond donors (Lipinski definition) is 0. The van der Waals surface area contributed by atoms with E-state index in [0.717, 1.165) is 5.56 Å². The van der Waals surface area contributed by atoms with Crippen LogP contribution >= 0.6 is 0 Å². The first-order valence-corrected chi connectivity index (χ1v) is 5.34. The van der Waals surface area contributed by atoms with Crippen molar-refractivity contribution in [2.75, 3.05) is 6.61 Å². The average molecular weight is 232 g/mol. The van der Waals surface area contributed by atoms with Crippen molar-refractivity contribution in [2.45, 2.75) is 19.3 Å². The van der Waals surface area contributed by atoms with Crippen LogP contribution in [0.25, 0.3) is 0 Å². The molecular formula is C14H16O3. The predicted octanol–water partition coefficient (Wildman–Crippen LogP) is 2.26. The van der Waals surface area contributed by atoms with Gasteiger partial charge < -0.3 is 4.74 Å². The van der Waals surface area contributed by atoms with E-state index >= 15 is 0 Å². The molecule has 1 atom stereocenters. The fraction of sp³-hybridized carbons (Fsp3) is 0.286. The van der Waals surface area contributed by atoms with E-state index in [1.165, 1.54) is 6.92 Å². The lowest BCUT2D eigenvalue weighted by atomic mass is 9.80. The van der Waals surface area contributed by atoms with E-state index in [4.69, 9.17) is 4.74 Å². The maximum atomic E-state index is 11.8. The quantitative estimate of drug-likeness (QED) is 0.429. The van der Waals surface area contributed by atoms with Crippen LogP contribution in [0.1, 0.15) is 19.4 Å². The Morgan fingerprint density at radius 1 is 1.41 bits per heavy atom. The van der Waals surface area contributed by atoms with E-state index in [0.29, 0.717) is 6.29 Å². The highest BCUT2D eigenvalue weighted by molar-refractivity contribution is 5.87. The number of ketones is 1. The Morgan fingerprint density at radius 2 is 2.00 bits per heavy atom. The van der Waals surface area contributed by atoms with Gasteiger partial charge in [-0.15, -0.1) is 0 Å². The number of hydrogen-bond acceptors (Lipinski definition) is 3. The molecule has 0 heterocycles. The van der Waals surface area contributed by atoms with E-state index in [-0.39, 0.29) is 18.1 Å². The summed E-state index contributed by atoms with van der Waals surface area (Å²) in [5, 5.41) is 0. The summed E-state index contributed by atoms with van der Waals surface area (Å²) in [5.74, 6) is 0.0239. The monoisotopic (exact) mass is 232 g/mol. The minimum Gasteiger partial charge on any atom is -0.489 e. The van der Waals surface area contributed by atoms with Gasteiger partial charge in [0, 0.05) is 0 Å². The molecule has 0 aliphatic carbocycles. The third kappa shape index (κ3) is 3.03. The van der Waals surface area contributed by atoms with Gasteiger partial charge in [-0.25, -0.2) is 0 Å². The van der Waals surface area contributed by atoms with E-state index in [2.05, 4.69) is 6.58 Å². The van der Waals surface area contributed by atoms with Gasteiger partial charge in [0.15, 0.2) is 12.0 Å². The third-order valence-electron chi connectivity index (χ3n) is 2.87. The Hall–Kier alpha value is -1.90. The summed E-state index contributed by atoms with van der Waals surface area (Å²) in [6.45, 7) is 6.85. The molecule has 17 heavy (non-hydrogen) atoms. The molecule has 0 bridgehead atoms. The molecule has 0 saturated heterocycles. The van der Waals surface area contributed by atoms with Crippen molar-refractivity contribution in [3.05, 3.63) is 48.2 Å². The second kappa shape index (κ2) is 5.43. The third-order valence-corrected chi connectivity index (χ3v) is 2.87. The molecule has 0 aromatic heterocycles. The maximum absolute atomic E-state index is 11.8. The normalized spacial score (nSPS) is 13.5. The van der Waals surface area contributed by atoms with Crippen LogP contribution in [0, 0.1) is 0 Å². The van der Waals surface area contributed by atoms with Crippen LogP contribution < -0.4 is 0 Å². The zero-order valence-electron chi connectivity index (χ0n) is 10.1. The molecule has 90 valence electrons. The minimum absolute atomic E-state index is 0.0117. The Kier molecular flexibility index (Phi) is 4.21. The van der Waals surface area contributed by atoms with Crippen molar-refractivity contribution in [1.82, 2.24) is 0 Å². The number of Topliss-reactive ketones (excluding diaryl/α,β-unsaturated/α-hetero) is 1. The van der Waals surface area contributed by atoms with Gasteiger partial charge >= 0.3 is 0 Å². The summed E-state index contributed by atoms with van der Waals surface area (Å²) in [6.07, 6.45) is 0.533. The van der Waals surface area contributed by atoms with E-state index in [1.807, 2.05) is 30.3 Å². The van der Waals surface area contributed by atoms with Gasteiger partial charge in [0.05, 0.1) is 5.41 Å². The first-order chi connectivity index (χ1) is 8.00. The number of carbonyl (C=O) groups excluding carboxylic acids is 2. The molecule has 0 saturated carbocycles. The Morgan fingerprint density at radius 3 is 2.47 bits per heavy atom. The molecular weight excluding hydrogens is 216 g/mol. The number of ether oxygens (including phenoxy) is 1. The number of allylic oxidation sites excluding steroid dienone is 1. The van der Waals surface area contributed by atoms with Crippen LogP contribution in [-0.2, 0) is 19.7 Å². The average Bonchev–Trinajstić information content (AvgIpc) is 2.36. The molecule has 1 aromatic carbocycles. The smallest absolute Gasteiger partial charge is 0.184 e. The number of aldehydes is 1. The first-order valence-electron chi connectivity index (χ1n) is 5.34. The summed E-state index contributed by atoms with van der Waals surface area (Å²) >= 11 is 0. The van der Waals surface area contributed by atoms with Crippen LogP contribution in [-0.4, -0.2) is 18.7 Å². The van der Waals surface area contributed by atoms with Gasteiger partial charge in [0.1, 0.15) is 12.4 Å². The zero-order valence-corrected chi connectivity index (χ0v) is 10.1. The molecule has 3 nitrogen and oxygen atoms in total. The van der Waals surface area contributed by atoms with Gasteiger partial charge in [-0.05, 0) is 19.4 Å². The SMILES string of the molecule is C=C(C=O)OCC(C)(C(C)=O)c1ccccc1. The summed E-state index contributed by atoms with van der Waals surface area (Å²) in [5.41, 5.74) is 0.110. The molecule has 0 spiro atoms. The number of benzene rings is 1. The van der Waals surface area contributed by atoms with Gasteiger partial charge in [-0.1, -0.05) is 36.9 Å².